The van der Waals surface area contributed by atoms with Gasteiger partial charge in [0.2, 0.25) is 0 Å². The summed E-state index contributed by atoms with van der Waals surface area (Å²) in [5, 5.41) is 0. The maximum absolute atomic E-state index is 3.73. The van der Waals surface area contributed by atoms with Gasteiger partial charge in [-0.25, -0.2) is 0 Å². The molecule has 126 valence electrons. The topological polar surface area (TPSA) is 27.3 Å². The van der Waals surface area contributed by atoms with Crippen LogP contribution in [0.1, 0.15) is 5.56 Å². The molecule has 3 nitrogen and oxygen atoms in total. The lowest BCUT2D eigenvalue weighted by Crippen LogP contribution is -2.48. The van der Waals surface area contributed by atoms with E-state index in [1.807, 2.05) is 0 Å². The van der Waals surface area contributed by atoms with Crippen LogP contribution in [0.4, 0.5) is 0 Å². The van der Waals surface area contributed by atoms with Crippen LogP contribution in [0.25, 0.3) is 0 Å². The monoisotopic (exact) mass is 337 g/mol. The molecule has 0 aliphatic heterocycles. The smallest absolute Gasteiger partial charge is 0.116 e. The average Bonchev–Trinajstić information content (AvgIpc) is 2.36. The zero-order chi connectivity index (χ0) is 16.6. The first-order valence-corrected chi connectivity index (χ1v) is 15.4. The van der Waals surface area contributed by atoms with E-state index in [-0.39, 0.29) is 0 Å². The lowest BCUT2D eigenvalue weighted by atomic mass is 10.2. The maximum Gasteiger partial charge on any atom is 0.116 e. The van der Waals surface area contributed by atoms with E-state index in [1.165, 1.54) is 5.56 Å². The molecule has 0 unspecified atom stereocenters. The minimum absolute atomic E-state index is 1.04. The Kier molecular flexibility index (Phi) is 7.99. The molecular weight excluding hydrogens is 302 g/mol. The molecule has 22 heavy (non-hydrogen) atoms. The molecule has 1 rings (SSSR count). The van der Waals surface area contributed by atoms with Crippen LogP contribution in [-0.2, 0) is 6.54 Å². The molecule has 0 bridgehead atoms. The predicted molar refractivity (Wildman–Crippen MR) is 104 cm³/mol. The highest BCUT2D eigenvalue weighted by Crippen LogP contribution is 2.04. The summed E-state index contributed by atoms with van der Waals surface area (Å²) in [6.07, 6.45) is 0. The summed E-state index contributed by atoms with van der Waals surface area (Å²) in [6.45, 7) is 19.6. The van der Waals surface area contributed by atoms with Gasteiger partial charge in [-0.3, -0.25) is 4.90 Å². The Morgan fingerprint density at radius 1 is 0.773 bits per heavy atom. The quantitative estimate of drug-likeness (QED) is 0.641. The molecule has 0 radical (unpaired) electrons. The molecule has 1 aromatic carbocycles. The van der Waals surface area contributed by atoms with Crippen LogP contribution in [0.5, 0.6) is 0 Å². The van der Waals surface area contributed by atoms with Crippen LogP contribution in [0.15, 0.2) is 30.3 Å². The van der Waals surface area contributed by atoms with Crippen LogP contribution in [-0.4, -0.2) is 47.5 Å². The van der Waals surface area contributed by atoms with Gasteiger partial charge in [0.15, 0.2) is 0 Å². The maximum atomic E-state index is 3.73. The summed E-state index contributed by atoms with van der Waals surface area (Å²) in [6, 6.07) is 10.8. The molecule has 0 aromatic heterocycles. The molecule has 0 spiro atoms. The number of benzene rings is 1. The largest absolute Gasteiger partial charge is 0.336 e. The van der Waals surface area contributed by atoms with Crippen molar-refractivity contribution in [3.05, 3.63) is 35.9 Å². The second kappa shape index (κ2) is 8.98. The van der Waals surface area contributed by atoms with Crippen molar-refractivity contribution >= 4 is 16.5 Å². The Morgan fingerprint density at radius 3 is 1.64 bits per heavy atom. The molecule has 0 saturated heterocycles. The van der Waals surface area contributed by atoms with Crippen molar-refractivity contribution in [2.45, 2.75) is 45.8 Å². The Labute approximate surface area is 139 Å². The predicted octanol–water partition coefficient (Wildman–Crippen LogP) is 3.34. The Morgan fingerprint density at radius 2 is 1.23 bits per heavy atom. The number of rotatable bonds is 10. The second-order valence-electron chi connectivity index (χ2n) is 8.12. The van der Waals surface area contributed by atoms with Crippen LogP contribution in [0.2, 0.25) is 39.3 Å². The van der Waals surface area contributed by atoms with Gasteiger partial charge in [-0.2, -0.15) is 0 Å². The lowest BCUT2D eigenvalue weighted by Gasteiger charge is -2.27. The zero-order valence-corrected chi connectivity index (χ0v) is 17.4. The fraction of sp³-hybridized carbons (Fsp3) is 0.647. The van der Waals surface area contributed by atoms with E-state index in [2.05, 4.69) is 84.5 Å². The van der Waals surface area contributed by atoms with E-state index in [4.69, 9.17) is 0 Å². The number of hydrogen-bond acceptors (Lipinski definition) is 3. The van der Waals surface area contributed by atoms with Gasteiger partial charge < -0.3 is 9.96 Å². The highest BCUT2D eigenvalue weighted by Gasteiger charge is 2.15. The van der Waals surface area contributed by atoms with Gasteiger partial charge in [-0.15, -0.1) is 0 Å². The van der Waals surface area contributed by atoms with E-state index in [1.54, 1.807) is 0 Å². The average molecular weight is 338 g/mol. The van der Waals surface area contributed by atoms with Crippen molar-refractivity contribution in [3.8, 4) is 0 Å². The molecule has 0 fully saturated rings. The Balaban J connectivity index is 2.49. The highest BCUT2D eigenvalue weighted by atomic mass is 28.3. The number of hydrogen-bond donors (Lipinski definition) is 2. The van der Waals surface area contributed by atoms with Crippen molar-refractivity contribution in [2.75, 3.05) is 26.2 Å². The van der Waals surface area contributed by atoms with Gasteiger partial charge in [-0.05, 0) is 5.56 Å². The van der Waals surface area contributed by atoms with E-state index >= 15 is 0 Å². The summed E-state index contributed by atoms with van der Waals surface area (Å²) < 4.78 is 0. The third kappa shape index (κ3) is 10.3. The molecule has 5 heteroatoms. The van der Waals surface area contributed by atoms with E-state index < -0.39 is 16.5 Å². The summed E-state index contributed by atoms with van der Waals surface area (Å²) in [5.74, 6) is 0. The van der Waals surface area contributed by atoms with Crippen molar-refractivity contribution in [3.63, 3.8) is 0 Å². The molecule has 0 atom stereocenters. The highest BCUT2D eigenvalue weighted by molar-refractivity contribution is 6.73. The fourth-order valence-corrected chi connectivity index (χ4v) is 4.01. The minimum Gasteiger partial charge on any atom is -0.336 e. The molecule has 0 amide bonds. The van der Waals surface area contributed by atoms with Crippen LogP contribution in [0, 0.1) is 0 Å². The van der Waals surface area contributed by atoms with Crippen molar-refractivity contribution in [1.82, 2.24) is 14.9 Å². The molecular formula is C17H35N3Si2. The second-order valence-corrected chi connectivity index (χ2v) is 17.8. The first-order chi connectivity index (χ1) is 10.2. The normalized spacial score (nSPS) is 12.9. The van der Waals surface area contributed by atoms with E-state index in [9.17, 15) is 0 Å². The van der Waals surface area contributed by atoms with Crippen molar-refractivity contribution in [1.29, 1.82) is 0 Å². The first-order valence-electron chi connectivity index (χ1n) is 8.42. The Hall–Kier alpha value is -0.466. The standard InChI is InChI=1S/C17H35N3Si2/c1-21(2,3)18-12-14-20(15-13-19-22(4,5)6)16-17-10-8-7-9-11-17/h7-11,18-19H,12-16H2,1-6H3. The van der Waals surface area contributed by atoms with E-state index in [0.717, 1.165) is 32.7 Å². The van der Waals surface area contributed by atoms with Crippen molar-refractivity contribution < 1.29 is 0 Å². The van der Waals surface area contributed by atoms with Gasteiger partial charge in [0.1, 0.15) is 16.5 Å². The van der Waals surface area contributed by atoms with Crippen LogP contribution in [0.3, 0.4) is 0 Å². The molecule has 0 saturated carbocycles. The minimum atomic E-state index is -1.16. The molecule has 0 aliphatic rings. The number of nitrogens with zero attached hydrogens (tertiary/aromatic N) is 1. The van der Waals surface area contributed by atoms with Crippen molar-refractivity contribution in [2.24, 2.45) is 0 Å². The van der Waals surface area contributed by atoms with Gasteiger partial charge in [0, 0.05) is 32.7 Å². The van der Waals surface area contributed by atoms with E-state index in [0.29, 0.717) is 0 Å². The number of nitrogens with one attached hydrogen (secondary N) is 2. The molecule has 2 N–H and O–H groups in total. The van der Waals surface area contributed by atoms with Crippen LogP contribution < -0.4 is 9.96 Å². The summed E-state index contributed by atoms with van der Waals surface area (Å²) in [5.41, 5.74) is 1.41. The SMILES string of the molecule is C[Si](C)(C)NCCN(CCN[Si](C)(C)C)Cc1ccccc1. The summed E-state index contributed by atoms with van der Waals surface area (Å²) in [4.78, 5) is 10.0. The Bertz CT molecular complexity index is 390. The van der Waals surface area contributed by atoms with Gasteiger partial charge >= 0.3 is 0 Å². The summed E-state index contributed by atoms with van der Waals surface area (Å²) >= 11 is 0. The zero-order valence-electron chi connectivity index (χ0n) is 15.4. The molecule has 0 aliphatic carbocycles. The third-order valence-corrected chi connectivity index (χ3v) is 6.04. The van der Waals surface area contributed by atoms with Crippen LogP contribution >= 0.6 is 0 Å². The first kappa shape index (κ1) is 19.6. The van der Waals surface area contributed by atoms with Gasteiger partial charge in [0.05, 0.1) is 0 Å². The van der Waals surface area contributed by atoms with Gasteiger partial charge in [-0.1, -0.05) is 69.6 Å². The summed E-state index contributed by atoms with van der Waals surface area (Å²) in [7, 11) is -2.33. The molecule has 1 aromatic rings. The third-order valence-electron chi connectivity index (χ3n) is 3.42. The lowest BCUT2D eigenvalue weighted by molar-refractivity contribution is 0.274. The molecule has 0 heterocycles. The van der Waals surface area contributed by atoms with Gasteiger partial charge in [0.25, 0.3) is 0 Å². The fourth-order valence-electron chi connectivity index (χ4n) is 2.29.